The zero-order valence-electron chi connectivity index (χ0n) is 10.6. The third kappa shape index (κ3) is 2.92. The number of aryl methyl sites for hydroxylation is 1. The maximum absolute atomic E-state index is 9.03. The van der Waals surface area contributed by atoms with Crippen molar-refractivity contribution in [3.8, 4) is 11.9 Å². The first-order chi connectivity index (χ1) is 9.13. The van der Waals surface area contributed by atoms with Gasteiger partial charge >= 0.3 is 0 Å². The van der Waals surface area contributed by atoms with Gasteiger partial charge in [-0.15, -0.1) is 11.3 Å². The van der Waals surface area contributed by atoms with Crippen molar-refractivity contribution in [2.24, 2.45) is 0 Å². The molecule has 2 rings (SSSR count). The van der Waals surface area contributed by atoms with Crippen molar-refractivity contribution in [3.05, 3.63) is 22.7 Å². The Morgan fingerprint density at radius 3 is 2.89 bits per heavy atom. The summed E-state index contributed by atoms with van der Waals surface area (Å²) >= 11 is 1.47. The van der Waals surface area contributed by atoms with E-state index in [1.807, 2.05) is 25.3 Å². The van der Waals surface area contributed by atoms with Crippen molar-refractivity contribution >= 4 is 28.0 Å². The molecule has 0 spiro atoms. The third-order valence-corrected chi connectivity index (χ3v) is 3.14. The molecule has 0 saturated carbocycles. The molecule has 2 aromatic rings. The molecule has 98 valence electrons. The predicted molar refractivity (Wildman–Crippen MR) is 74.7 cm³/mol. The Morgan fingerprint density at radius 2 is 2.32 bits per heavy atom. The lowest BCUT2D eigenvalue weighted by Crippen LogP contribution is -2.04. The van der Waals surface area contributed by atoms with Crippen LogP contribution in [0.2, 0.25) is 0 Å². The molecule has 0 atom stereocenters. The Hall–Kier alpha value is -2.33. The summed E-state index contributed by atoms with van der Waals surface area (Å²) in [6.45, 7) is 4.15. The van der Waals surface area contributed by atoms with Crippen LogP contribution < -0.4 is 15.8 Å². The highest BCUT2D eigenvalue weighted by molar-refractivity contribution is 7.13. The number of rotatable bonds is 4. The molecule has 19 heavy (non-hydrogen) atoms. The SMILES string of the molecule is CCOc1nc(Nc2nc(C)cs2)cc(N)c1C#N. The minimum Gasteiger partial charge on any atom is -0.477 e. The van der Waals surface area contributed by atoms with E-state index in [4.69, 9.17) is 15.7 Å². The topological polar surface area (TPSA) is 96.8 Å². The first-order valence-corrected chi connectivity index (χ1v) is 6.54. The summed E-state index contributed by atoms with van der Waals surface area (Å²) in [5.41, 5.74) is 7.33. The molecule has 0 amide bonds. The predicted octanol–water partition coefficient (Wildman–Crippen LogP) is 2.44. The highest BCUT2D eigenvalue weighted by atomic mass is 32.1. The van der Waals surface area contributed by atoms with E-state index in [1.54, 1.807) is 6.07 Å². The van der Waals surface area contributed by atoms with Gasteiger partial charge in [-0.3, -0.25) is 0 Å². The molecule has 6 nitrogen and oxygen atoms in total. The van der Waals surface area contributed by atoms with Crippen LogP contribution >= 0.6 is 11.3 Å². The van der Waals surface area contributed by atoms with Gasteiger partial charge in [0.25, 0.3) is 0 Å². The summed E-state index contributed by atoms with van der Waals surface area (Å²) in [6, 6.07) is 3.59. The standard InChI is InChI=1S/C12H13N5OS/c1-3-18-11-8(5-13)9(14)4-10(16-11)17-12-15-7(2)6-19-12/h4,6H,3H2,1-2H3,(H3,14,15,16,17). The molecular formula is C12H13N5OS. The Kier molecular flexibility index (Phi) is 3.82. The van der Waals surface area contributed by atoms with E-state index in [0.717, 1.165) is 10.8 Å². The monoisotopic (exact) mass is 275 g/mol. The van der Waals surface area contributed by atoms with E-state index < -0.39 is 0 Å². The van der Waals surface area contributed by atoms with E-state index in [9.17, 15) is 0 Å². The first-order valence-electron chi connectivity index (χ1n) is 5.66. The van der Waals surface area contributed by atoms with Crippen LogP contribution in [0.15, 0.2) is 11.4 Å². The second-order valence-corrected chi connectivity index (χ2v) is 4.60. The summed E-state index contributed by atoms with van der Waals surface area (Å²) in [7, 11) is 0. The summed E-state index contributed by atoms with van der Waals surface area (Å²) < 4.78 is 5.32. The third-order valence-electron chi connectivity index (χ3n) is 2.26. The molecule has 2 heterocycles. The lowest BCUT2D eigenvalue weighted by molar-refractivity contribution is 0.326. The van der Waals surface area contributed by atoms with Gasteiger partial charge in [-0.1, -0.05) is 0 Å². The molecule has 0 unspecified atom stereocenters. The van der Waals surface area contributed by atoms with Gasteiger partial charge in [0.2, 0.25) is 5.88 Å². The lowest BCUT2D eigenvalue weighted by Gasteiger charge is -2.09. The fourth-order valence-corrected chi connectivity index (χ4v) is 2.17. The average molecular weight is 275 g/mol. The number of aromatic nitrogens is 2. The van der Waals surface area contributed by atoms with Crippen LogP contribution in [0.25, 0.3) is 0 Å². The summed E-state index contributed by atoms with van der Waals surface area (Å²) in [5.74, 6) is 0.745. The maximum Gasteiger partial charge on any atom is 0.235 e. The van der Waals surface area contributed by atoms with Crippen molar-refractivity contribution in [2.75, 3.05) is 17.7 Å². The molecule has 3 N–H and O–H groups in total. The van der Waals surface area contributed by atoms with Gasteiger partial charge in [0.1, 0.15) is 17.5 Å². The minimum atomic E-state index is 0.237. The molecule has 7 heteroatoms. The Bertz CT molecular complexity index is 632. The zero-order chi connectivity index (χ0) is 13.8. The number of pyridine rings is 1. The normalized spacial score (nSPS) is 9.95. The number of hydrogen-bond acceptors (Lipinski definition) is 7. The number of hydrogen-bond donors (Lipinski definition) is 2. The van der Waals surface area contributed by atoms with Crippen molar-refractivity contribution in [1.82, 2.24) is 9.97 Å². The molecule has 0 bridgehead atoms. The number of ether oxygens (including phenoxy) is 1. The van der Waals surface area contributed by atoms with Crippen LogP contribution in [0.5, 0.6) is 5.88 Å². The van der Waals surface area contributed by atoms with Gasteiger partial charge in [-0.25, -0.2) is 4.98 Å². The minimum absolute atomic E-state index is 0.237. The van der Waals surface area contributed by atoms with E-state index in [1.165, 1.54) is 11.3 Å². The summed E-state index contributed by atoms with van der Waals surface area (Å²) in [5, 5.41) is 14.7. The summed E-state index contributed by atoms with van der Waals surface area (Å²) in [4.78, 5) is 8.50. The second-order valence-electron chi connectivity index (χ2n) is 3.74. The molecule has 0 radical (unpaired) electrons. The summed E-state index contributed by atoms with van der Waals surface area (Å²) in [6.07, 6.45) is 0. The fourth-order valence-electron chi connectivity index (χ4n) is 1.48. The Morgan fingerprint density at radius 1 is 1.53 bits per heavy atom. The molecular weight excluding hydrogens is 262 g/mol. The van der Waals surface area contributed by atoms with Crippen LogP contribution in [-0.4, -0.2) is 16.6 Å². The number of nitrogen functional groups attached to an aromatic ring is 1. The number of nitrogens with zero attached hydrogens (tertiary/aromatic N) is 3. The van der Waals surface area contributed by atoms with E-state index in [2.05, 4.69) is 15.3 Å². The van der Waals surface area contributed by atoms with Crippen LogP contribution in [-0.2, 0) is 0 Å². The fraction of sp³-hybridized carbons (Fsp3) is 0.250. The van der Waals surface area contributed by atoms with E-state index in [-0.39, 0.29) is 11.4 Å². The second kappa shape index (κ2) is 5.54. The smallest absolute Gasteiger partial charge is 0.235 e. The van der Waals surface area contributed by atoms with Gasteiger partial charge in [-0.05, 0) is 13.8 Å². The van der Waals surface area contributed by atoms with Gasteiger partial charge in [0.15, 0.2) is 5.13 Å². The van der Waals surface area contributed by atoms with Crippen LogP contribution in [0.1, 0.15) is 18.2 Å². The first kappa shape index (κ1) is 13.1. The molecule has 0 saturated heterocycles. The Labute approximate surface area is 114 Å². The van der Waals surface area contributed by atoms with Crippen LogP contribution in [0.3, 0.4) is 0 Å². The molecule has 0 aliphatic carbocycles. The van der Waals surface area contributed by atoms with Crippen molar-refractivity contribution < 1.29 is 4.74 Å². The largest absolute Gasteiger partial charge is 0.477 e. The van der Waals surface area contributed by atoms with Crippen molar-refractivity contribution in [2.45, 2.75) is 13.8 Å². The number of nitrogens with one attached hydrogen (secondary N) is 1. The van der Waals surface area contributed by atoms with E-state index in [0.29, 0.717) is 18.1 Å². The van der Waals surface area contributed by atoms with E-state index >= 15 is 0 Å². The quantitative estimate of drug-likeness (QED) is 0.889. The van der Waals surface area contributed by atoms with Crippen molar-refractivity contribution in [3.63, 3.8) is 0 Å². The number of thiazole rings is 1. The number of anilines is 3. The van der Waals surface area contributed by atoms with Crippen molar-refractivity contribution in [1.29, 1.82) is 5.26 Å². The average Bonchev–Trinajstić information content (AvgIpc) is 2.75. The van der Waals surface area contributed by atoms with Gasteiger partial charge in [-0.2, -0.15) is 10.2 Å². The van der Waals surface area contributed by atoms with Gasteiger partial charge in [0.05, 0.1) is 18.0 Å². The molecule has 2 aromatic heterocycles. The maximum atomic E-state index is 9.03. The number of nitrogens with two attached hydrogens (primary N) is 1. The highest BCUT2D eigenvalue weighted by Gasteiger charge is 2.12. The molecule has 0 fully saturated rings. The Balaban J connectivity index is 2.34. The van der Waals surface area contributed by atoms with Gasteiger partial charge in [0, 0.05) is 11.4 Å². The molecule has 0 aliphatic rings. The molecule has 0 aromatic carbocycles. The van der Waals surface area contributed by atoms with Crippen LogP contribution in [0.4, 0.5) is 16.6 Å². The molecule has 0 aliphatic heterocycles. The van der Waals surface area contributed by atoms with Crippen LogP contribution in [0, 0.1) is 18.3 Å². The van der Waals surface area contributed by atoms with Gasteiger partial charge < -0.3 is 15.8 Å². The number of nitriles is 1. The highest BCUT2D eigenvalue weighted by Crippen LogP contribution is 2.27. The lowest BCUT2D eigenvalue weighted by atomic mass is 10.2. The zero-order valence-corrected chi connectivity index (χ0v) is 11.4.